The molecule has 0 aliphatic rings. The fourth-order valence-corrected chi connectivity index (χ4v) is 2.82. The molecule has 5 heteroatoms. The third-order valence-corrected chi connectivity index (χ3v) is 4.14. The highest BCUT2D eigenvalue weighted by Crippen LogP contribution is 2.18. The molecule has 0 bridgehead atoms. The second kappa shape index (κ2) is 6.20. The number of nitrogen functional groups attached to an aromatic ring is 1. The van der Waals surface area contributed by atoms with Gasteiger partial charge in [-0.2, -0.15) is 0 Å². The summed E-state index contributed by atoms with van der Waals surface area (Å²) in [6, 6.07) is 14.7. The van der Waals surface area contributed by atoms with Crippen LogP contribution >= 0.6 is 0 Å². The van der Waals surface area contributed by atoms with Gasteiger partial charge in [-0.15, -0.1) is 0 Å². The number of carbonyl (C=O) groups excluding carboxylic acids is 1. The van der Waals surface area contributed by atoms with Gasteiger partial charge in [-0.25, -0.2) is 0 Å². The SMILES string of the molecule is CC(NC(=O)c1cn(C)c2cccc(N)c2c1=O)c1ccccc1. The van der Waals surface area contributed by atoms with Crippen molar-refractivity contribution in [2.45, 2.75) is 13.0 Å². The summed E-state index contributed by atoms with van der Waals surface area (Å²) in [4.78, 5) is 25.3. The van der Waals surface area contributed by atoms with Crippen molar-refractivity contribution in [3.8, 4) is 0 Å². The Kier molecular flexibility index (Phi) is 4.08. The monoisotopic (exact) mass is 321 g/mol. The summed E-state index contributed by atoms with van der Waals surface area (Å²) in [5.41, 5.74) is 7.73. The number of nitrogens with zero attached hydrogens (tertiary/aromatic N) is 1. The summed E-state index contributed by atoms with van der Waals surface area (Å²) in [6.07, 6.45) is 1.55. The van der Waals surface area contributed by atoms with Crippen LogP contribution in [0.15, 0.2) is 59.5 Å². The van der Waals surface area contributed by atoms with E-state index in [1.165, 1.54) is 0 Å². The first-order valence-electron chi connectivity index (χ1n) is 7.72. The van der Waals surface area contributed by atoms with Crippen LogP contribution in [0, 0.1) is 0 Å². The van der Waals surface area contributed by atoms with Crippen LogP contribution in [-0.2, 0) is 7.05 Å². The first kappa shape index (κ1) is 15.8. The van der Waals surface area contributed by atoms with E-state index in [1.54, 1.807) is 36.0 Å². The predicted octanol–water partition coefficient (Wildman–Crippen LogP) is 2.61. The minimum absolute atomic E-state index is 0.0886. The van der Waals surface area contributed by atoms with Crippen molar-refractivity contribution in [3.63, 3.8) is 0 Å². The number of fused-ring (bicyclic) bond motifs is 1. The van der Waals surface area contributed by atoms with Crippen LogP contribution in [-0.4, -0.2) is 10.5 Å². The summed E-state index contributed by atoms with van der Waals surface area (Å²) >= 11 is 0. The minimum Gasteiger partial charge on any atom is -0.398 e. The second-order valence-corrected chi connectivity index (χ2v) is 5.83. The van der Waals surface area contributed by atoms with E-state index in [2.05, 4.69) is 5.32 Å². The van der Waals surface area contributed by atoms with Crippen LogP contribution in [0.3, 0.4) is 0 Å². The van der Waals surface area contributed by atoms with Crippen LogP contribution in [0.25, 0.3) is 10.9 Å². The van der Waals surface area contributed by atoms with Gasteiger partial charge in [0.05, 0.1) is 16.9 Å². The fourth-order valence-electron chi connectivity index (χ4n) is 2.82. The highest BCUT2D eigenvalue weighted by molar-refractivity contribution is 6.00. The van der Waals surface area contributed by atoms with Gasteiger partial charge in [0, 0.05) is 18.9 Å². The molecule has 2 aromatic carbocycles. The highest BCUT2D eigenvalue weighted by atomic mass is 16.2. The maximum absolute atomic E-state index is 12.7. The number of hydrogen-bond acceptors (Lipinski definition) is 3. The van der Waals surface area contributed by atoms with E-state index in [9.17, 15) is 9.59 Å². The Morgan fingerprint density at radius 3 is 2.54 bits per heavy atom. The van der Waals surface area contributed by atoms with Gasteiger partial charge >= 0.3 is 0 Å². The van der Waals surface area contributed by atoms with Crippen molar-refractivity contribution < 1.29 is 4.79 Å². The molecule has 122 valence electrons. The largest absolute Gasteiger partial charge is 0.398 e. The molecule has 0 saturated heterocycles. The third kappa shape index (κ3) is 2.76. The first-order chi connectivity index (χ1) is 11.5. The number of carbonyl (C=O) groups is 1. The van der Waals surface area contributed by atoms with E-state index in [-0.39, 0.29) is 17.0 Å². The van der Waals surface area contributed by atoms with E-state index >= 15 is 0 Å². The quantitative estimate of drug-likeness (QED) is 0.728. The molecule has 1 heterocycles. The van der Waals surface area contributed by atoms with Crippen molar-refractivity contribution in [1.29, 1.82) is 0 Å². The lowest BCUT2D eigenvalue weighted by atomic mass is 10.1. The van der Waals surface area contributed by atoms with Crippen LogP contribution in [0.5, 0.6) is 0 Å². The van der Waals surface area contributed by atoms with E-state index in [0.29, 0.717) is 16.6 Å². The number of rotatable bonds is 3. The number of nitrogens with one attached hydrogen (secondary N) is 1. The van der Waals surface area contributed by atoms with Crippen molar-refractivity contribution in [1.82, 2.24) is 9.88 Å². The van der Waals surface area contributed by atoms with Gasteiger partial charge < -0.3 is 15.6 Å². The Balaban J connectivity index is 2.00. The maximum Gasteiger partial charge on any atom is 0.257 e. The molecular formula is C19H19N3O2. The molecule has 1 unspecified atom stereocenters. The topological polar surface area (TPSA) is 77.1 Å². The number of benzene rings is 2. The smallest absolute Gasteiger partial charge is 0.257 e. The van der Waals surface area contributed by atoms with Gasteiger partial charge in [-0.3, -0.25) is 9.59 Å². The number of hydrogen-bond donors (Lipinski definition) is 2. The molecule has 0 saturated carbocycles. The van der Waals surface area contributed by atoms with Crippen molar-refractivity contribution in [2.24, 2.45) is 7.05 Å². The molecule has 0 aliphatic carbocycles. The number of aromatic nitrogens is 1. The van der Waals surface area contributed by atoms with Crippen LogP contribution in [0.4, 0.5) is 5.69 Å². The summed E-state index contributed by atoms with van der Waals surface area (Å²) in [6.45, 7) is 1.88. The molecule has 0 fully saturated rings. The average Bonchev–Trinajstić information content (AvgIpc) is 2.58. The summed E-state index contributed by atoms with van der Waals surface area (Å²) < 4.78 is 1.75. The maximum atomic E-state index is 12.7. The number of amides is 1. The number of aryl methyl sites for hydroxylation is 1. The van der Waals surface area contributed by atoms with Crippen molar-refractivity contribution in [3.05, 3.63) is 76.1 Å². The molecule has 1 amide bonds. The van der Waals surface area contributed by atoms with Crippen LogP contribution in [0.1, 0.15) is 28.9 Å². The van der Waals surface area contributed by atoms with Crippen molar-refractivity contribution >= 4 is 22.5 Å². The van der Waals surface area contributed by atoms with E-state index in [1.807, 2.05) is 37.3 Å². The third-order valence-electron chi connectivity index (χ3n) is 4.14. The highest BCUT2D eigenvalue weighted by Gasteiger charge is 2.18. The first-order valence-corrected chi connectivity index (χ1v) is 7.72. The van der Waals surface area contributed by atoms with Gasteiger partial charge in [0.15, 0.2) is 0 Å². The zero-order valence-corrected chi connectivity index (χ0v) is 13.6. The van der Waals surface area contributed by atoms with E-state index in [4.69, 9.17) is 5.73 Å². The standard InChI is InChI=1S/C19H19N3O2/c1-12(13-7-4-3-5-8-13)21-19(24)14-11-22(2)16-10-6-9-15(20)17(16)18(14)23/h3-12H,20H2,1-2H3,(H,21,24). The molecule has 3 N–H and O–H groups in total. The zero-order chi connectivity index (χ0) is 17.3. The van der Waals surface area contributed by atoms with Crippen molar-refractivity contribution in [2.75, 3.05) is 5.73 Å². The average molecular weight is 321 g/mol. The number of anilines is 1. The Bertz CT molecular complexity index is 962. The molecule has 1 aromatic heterocycles. The van der Waals surface area contributed by atoms with Gasteiger partial charge in [-0.1, -0.05) is 36.4 Å². The number of pyridine rings is 1. The van der Waals surface area contributed by atoms with Crippen LogP contribution < -0.4 is 16.5 Å². The Hall–Kier alpha value is -3.08. The Morgan fingerprint density at radius 2 is 1.83 bits per heavy atom. The normalized spacial score (nSPS) is 12.1. The summed E-state index contributed by atoms with van der Waals surface area (Å²) in [5, 5.41) is 3.25. The minimum atomic E-state index is -0.405. The van der Waals surface area contributed by atoms with E-state index < -0.39 is 5.91 Å². The molecule has 5 nitrogen and oxygen atoms in total. The van der Waals surface area contributed by atoms with E-state index in [0.717, 1.165) is 5.56 Å². The molecule has 3 rings (SSSR count). The van der Waals surface area contributed by atoms with Gasteiger partial charge in [0.1, 0.15) is 5.56 Å². The van der Waals surface area contributed by atoms with Crippen LogP contribution in [0.2, 0.25) is 0 Å². The molecule has 0 spiro atoms. The molecular weight excluding hydrogens is 302 g/mol. The molecule has 1 atom stereocenters. The predicted molar refractivity (Wildman–Crippen MR) is 95.9 cm³/mol. The second-order valence-electron chi connectivity index (χ2n) is 5.83. The molecule has 24 heavy (non-hydrogen) atoms. The lowest BCUT2D eigenvalue weighted by Gasteiger charge is -2.15. The Labute approximate surface area is 139 Å². The fraction of sp³-hybridized carbons (Fsp3) is 0.158. The lowest BCUT2D eigenvalue weighted by molar-refractivity contribution is 0.0938. The Morgan fingerprint density at radius 1 is 1.12 bits per heavy atom. The molecule has 3 aromatic rings. The van der Waals surface area contributed by atoms with Gasteiger partial charge in [0.25, 0.3) is 5.91 Å². The summed E-state index contributed by atoms with van der Waals surface area (Å²) in [7, 11) is 1.79. The number of nitrogens with two attached hydrogens (primary N) is 1. The van der Waals surface area contributed by atoms with Gasteiger partial charge in [-0.05, 0) is 24.6 Å². The van der Waals surface area contributed by atoms with Gasteiger partial charge in [0.2, 0.25) is 5.43 Å². The zero-order valence-electron chi connectivity index (χ0n) is 13.6. The molecule has 0 radical (unpaired) electrons. The molecule has 0 aliphatic heterocycles. The lowest BCUT2D eigenvalue weighted by Crippen LogP contribution is -2.31. The summed E-state index contributed by atoms with van der Waals surface area (Å²) in [5.74, 6) is -0.405.